The van der Waals surface area contributed by atoms with Crippen molar-refractivity contribution in [3.63, 3.8) is 0 Å². The second-order valence-corrected chi connectivity index (χ2v) is 20.4. The molecule has 5 aromatic rings. The highest BCUT2D eigenvalue weighted by Crippen LogP contribution is 2.43. The van der Waals surface area contributed by atoms with Crippen LogP contribution in [0.2, 0.25) is 0 Å². The number of pyridine rings is 1. The number of carbonyl (C=O) groups is 4. The van der Waals surface area contributed by atoms with E-state index in [4.69, 9.17) is 19.6 Å². The number of ether oxygens (including phenoxy) is 2. The number of aryl methyl sites for hydroxylation is 1. The lowest BCUT2D eigenvalue weighted by molar-refractivity contribution is -0.137. The maximum atomic E-state index is 13.6. The van der Waals surface area contributed by atoms with E-state index in [-0.39, 0.29) is 24.1 Å². The standard InChI is InChI=1S/C53H63N11O6/c1-34(65)60-18-11-44-42(32-60)51(56-64(44)39-12-24-70-25-13-39)62-15-3-4-37-26-36(5-6-43(37)62)41-29-48-54-14-19-61(48)33-46(41)59-16-9-35(10-17-59)30-57-20-22-58(23-21-57)40-27-38-31-63(45-7-8-49(66)55-52(45)67)53(68)50(38)47(28-40)69-2/h5-6,14,19,26-29,33,35,39,45H,3-4,7-13,15-18,20-25,30-32H2,1-2H3,(H,55,66,67). The third-order valence-corrected chi connectivity index (χ3v) is 16.3. The highest BCUT2D eigenvalue weighted by atomic mass is 16.5. The number of methoxy groups -OCH3 is 1. The topological polar surface area (TPSA) is 153 Å². The zero-order valence-corrected chi connectivity index (χ0v) is 40.4. The first-order valence-electron chi connectivity index (χ1n) is 25.6. The fourth-order valence-corrected chi connectivity index (χ4v) is 12.5. The Balaban J connectivity index is 0.721. The number of nitrogens with zero attached hydrogens (tertiary/aromatic N) is 10. The van der Waals surface area contributed by atoms with Gasteiger partial charge in [-0.3, -0.25) is 34.1 Å². The molecule has 0 radical (unpaired) electrons. The number of hydrogen-bond donors (Lipinski definition) is 1. The molecule has 3 aromatic heterocycles. The van der Waals surface area contributed by atoms with Crippen LogP contribution in [0.25, 0.3) is 16.8 Å². The number of benzene rings is 2. The van der Waals surface area contributed by atoms with Crippen molar-refractivity contribution in [3.8, 4) is 16.9 Å². The van der Waals surface area contributed by atoms with Gasteiger partial charge in [0, 0.05) is 151 Å². The highest BCUT2D eigenvalue weighted by molar-refractivity contribution is 6.07. The summed E-state index contributed by atoms with van der Waals surface area (Å²) in [7, 11) is 1.59. The van der Waals surface area contributed by atoms with Crippen LogP contribution in [0, 0.1) is 5.92 Å². The van der Waals surface area contributed by atoms with Crippen LogP contribution in [0.4, 0.5) is 22.9 Å². The maximum absolute atomic E-state index is 13.6. The quantitative estimate of drug-likeness (QED) is 0.190. The number of piperidine rings is 2. The van der Waals surface area contributed by atoms with Gasteiger partial charge in [-0.15, -0.1) is 0 Å². The highest BCUT2D eigenvalue weighted by Gasteiger charge is 2.41. The number of aromatic nitrogens is 4. The zero-order chi connectivity index (χ0) is 47.6. The first kappa shape index (κ1) is 44.7. The normalized spacial score (nSPS) is 21.6. The van der Waals surface area contributed by atoms with Crippen molar-refractivity contribution in [1.29, 1.82) is 0 Å². The predicted octanol–water partition coefficient (Wildman–Crippen LogP) is 5.35. The second-order valence-electron chi connectivity index (χ2n) is 20.4. The molecule has 2 aromatic carbocycles. The molecule has 10 heterocycles. The number of fused-ring (bicyclic) bond motifs is 4. The van der Waals surface area contributed by atoms with Crippen LogP contribution in [-0.4, -0.2) is 143 Å². The van der Waals surface area contributed by atoms with Crippen LogP contribution in [-0.2, 0) is 45.1 Å². The average molecular weight is 950 g/mol. The van der Waals surface area contributed by atoms with Gasteiger partial charge in [0.1, 0.15) is 17.4 Å². The third-order valence-electron chi connectivity index (χ3n) is 16.3. The van der Waals surface area contributed by atoms with Gasteiger partial charge in [-0.2, -0.15) is 5.10 Å². The van der Waals surface area contributed by atoms with Gasteiger partial charge >= 0.3 is 0 Å². The minimum Gasteiger partial charge on any atom is -0.496 e. The minimum atomic E-state index is -0.661. The average Bonchev–Trinajstić information content (AvgIpc) is 4.11. The van der Waals surface area contributed by atoms with E-state index in [1.807, 2.05) is 23.4 Å². The van der Waals surface area contributed by atoms with Crippen molar-refractivity contribution >= 4 is 52.2 Å². The largest absolute Gasteiger partial charge is 0.496 e. The van der Waals surface area contributed by atoms with E-state index in [0.29, 0.717) is 42.8 Å². The van der Waals surface area contributed by atoms with Crippen LogP contribution in [0.1, 0.15) is 90.7 Å². The number of hydrogen-bond acceptors (Lipinski definition) is 12. The molecule has 17 heteroatoms. The Kier molecular flexibility index (Phi) is 11.7. The molecule has 0 saturated carbocycles. The smallest absolute Gasteiger partial charge is 0.258 e. The maximum Gasteiger partial charge on any atom is 0.258 e. The Bertz CT molecular complexity index is 2870. The number of rotatable bonds is 9. The first-order chi connectivity index (χ1) is 34.2. The van der Waals surface area contributed by atoms with Crippen molar-refractivity contribution in [2.24, 2.45) is 5.92 Å². The number of amides is 4. The molecule has 7 aliphatic heterocycles. The molecule has 4 amide bonds. The molecule has 12 rings (SSSR count). The lowest BCUT2D eigenvalue weighted by Crippen LogP contribution is -2.52. The number of nitrogens with one attached hydrogen (secondary N) is 1. The van der Waals surface area contributed by atoms with E-state index >= 15 is 0 Å². The third kappa shape index (κ3) is 8.13. The molecule has 1 atom stereocenters. The molecule has 4 saturated heterocycles. The van der Waals surface area contributed by atoms with Gasteiger partial charge in [-0.1, -0.05) is 6.07 Å². The monoisotopic (exact) mass is 949 g/mol. The second kappa shape index (κ2) is 18.4. The molecule has 0 spiro atoms. The summed E-state index contributed by atoms with van der Waals surface area (Å²) in [6.07, 6.45) is 13.7. The van der Waals surface area contributed by atoms with Crippen LogP contribution < -0.4 is 24.8 Å². The summed E-state index contributed by atoms with van der Waals surface area (Å²) in [5, 5.41) is 7.80. The summed E-state index contributed by atoms with van der Waals surface area (Å²) in [6, 6.07) is 13.0. The lowest BCUT2D eigenvalue weighted by Gasteiger charge is -2.40. The number of anilines is 4. The van der Waals surface area contributed by atoms with Gasteiger partial charge in [0.25, 0.3) is 5.91 Å². The molecule has 4 fully saturated rings. The molecule has 366 valence electrons. The molecule has 70 heavy (non-hydrogen) atoms. The Morgan fingerprint density at radius 3 is 2.46 bits per heavy atom. The summed E-state index contributed by atoms with van der Waals surface area (Å²) >= 11 is 0. The van der Waals surface area contributed by atoms with Crippen LogP contribution in [0.5, 0.6) is 5.75 Å². The van der Waals surface area contributed by atoms with Crippen LogP contribution >= 0.6 is 0 Å². The Morgan fingerprint density at radius 2 is 1.67 bits per heavy atom. The van der Waals surface area contributed by atoms with Crippen LogP contribution in [0.3, 0.4) is 0 Å². The Hall–Kier alpha value is -6.46. The molecule has 0 bridgehead atoms. The Morgan fingerprint density at radius 1 is 0.843 bits per heavy atom. The fraction of sp³-hybridized carbons (Fsp3) is 0.509. The van der Waals surface area contributed by atoms with E-state index < -0.39 is 11.9 Å². The number of piperazine rings is 1. The number of imidazole rings is 1. The SMILES string of the molecule is COc1cc(N2CCN(CC3CCN(c4cn5ccnc5cc4-c4ccc5c(c4)CCCN5c4nn(C5CCOCC5)c5c4CN(C(C)=O)CC5)CC3)CC2)cc2c1C(=O)N(C1CCC(=O)NC1=O)C2. The predicted molar refractivity (Wildman–Crippen MR) is 265 cm³/mol. The van der Waals surface area contributed by atoms with E-state index in [1.165, 1.54) is 39.3 Å². The minimum absolute atomic E-state index is 0.114. The summed E-state index contributed by atoms with van der Waals surface area (Å²) < 4.78 is 16.0. The molecule has 0 aliphatic carbocycles. The lowest BCUT2D eigenvalue weighted by atomic mass is 9.93. The molecule has 1 N–H and O–H groups in total. The molecule has 17 nitrogen and oxygen atoms in total. The van der Waals surface area contributed by atoms with Crippen molar-refractivity contribution in [1.82, 2.24) is 39.2 Å². The summed E-state index contributed by atoms with van der Waals surface area (Å²) in [6.45, 7) is 12.4. The number of carbonyl (C=O) groups excluding carboxylic acids is 4. The van der Waals surface area contributed by atoms with Crippen molar-refractivity contribution in [2.75, 3.05) is 93.9 Å². The molecule has 1 unspecified atom stereocenters. The first-order valence-corrected chi connectivity index (χ1v) is 25.6. The van der Waals surface area contributed by atoms with Gasteiger partial charge in [0.2, 0.25) is 17.7 Å². The van der Waals surface area contributed by atoms with Gasteiger partial charge < -0.3 is 38.4 Å². The summed E-state index contributed by atoms with van der Waals surface area (Å²) in [5.41, 5.74) is 12.0. The number of imide groups is 1. The van der Waals surface area contributed by atoms with Gasteiger partial charge in [-0.25, -0.2) is 4.98 Å². The summed E-state index contributed by atoms with van der Waals surface area (Å²) in [4.78, 5) is 69.0. The van der Waals surface area contributed by atoms with E-state index in [9.17, 15) is 19.2 Å². The van der Waals surface area contributed by atoms with Crippen molar-refractivity contribution in [2.45, 2.75) is 89.9 Å². The fourth-order valence-electron chi connectivity index (χ4n) is 12.5. The van der Waals surface area contributed by atoms with Crippen LogP contribution in [0.15, 0.2) is 55.0 Å². The van der Waals surface area contributed by atoms with Gasteiger partial charge in [0.05, 0.1) is 30.9 Å². The van der Waals surface area contributed by atoms with E-state index in [2.05, 4.69) is 70.5 Å². The van der Waals surface area contributed by atoms with Gasteiger partial charge in [0.15, 0.2) is 5.82 Å². The van der Waals surface area contributed by atoms with Crippen molar-refractivity contribution < 1.29 is 28.7 Å². The summed E-state index contributed by atoms with van der Waals surface area (Å²) in [5.74, 6) is 1.33. The molecular formula is C53H63N11O6. The molecule has 7 aliphatic rings. The van der Waals surface area contributed by atoms with Gasteiger partial charge in [-0.05, 0) is 91.8 Å². The van der Waals surface area contributed by atoms with E-state index in [1.54, 1.807) is 18.9 Å². The van der Waals surface area contributed by atoms with Crippen molar-refractivity contribution in [3.05, 3.63) is 82.9 Å². The Labute approximate surface area is 408 Å². The van der Waals surface area contributed by atoms with E-state index in [0.717, 1.165) is 140 Å². The molecular weight excluding hydrogens is 887 g/mol. The zero-order valence-electron chi connectivity index (χ0n) is 40.4.